The van der Waals surface area contributed by atoms with Crippen molar-refractivity contribution in [3.63, 3.8) is 0 Å². The third-order valence-corrected chi connectivity index (χ3v) is 2.78. The number of benzene rings is 2. The van der Waals surface area contributed by atoms with Gasteiger partial charge in [0.2, 0.25) is 0 Å². The third kappa shape index (κ3) is 1.80. The lowest BCUT2D eigenvalue weighted by Crippen LogP contribution is -1.89. The molecule has 0 heteroatoms. The van der Waals surface area contributed by atoms with Crippen LogP contribution in [0.2, 0.25) is 0 Å². The first-order chi connectivity index (χ1) is 7.36. The zero-order chi connectivity index (χ0) is 10.7. The van der Waals surface area contributed by atoms with Gasteiger partial charge in [-0.25, -0.2) is 0 Å². The van der Waals surface area contributed by atoms with E-state index in [1.165, 1.54) is 28.3 Å². The van der Waals surface area contributed by atoms with E-state index < -0.39 is 0 Å². The molecule has 0 amide bonds. The van der Waals surface area contributed by atoms with Gasteiger partial charge in [0.05, 0.1) is 0 Å². The van der Waals surface area contributed by atoms with Gasteiger partial charge < -0.3 is 0 Å². The Balaban J connectivity index is 2.69. The predicted molar refractivity (Wildman–Crippen MR) is 68.0 cm³/mol. The van der Waals surface area contributed by atoms with Gasteiger partial charge in [0.1, 0.15) is 0 Å². The van der Waals surface area contributed by atoms with Crippen LogP contribution >= 0.6 is 0 Å². The molecule has 0 bridgehead atoms. The van der Waals surface area contributed by atoms with Crippen LogP contribution < -0.4 is 0 Å². The summed E-state index contributed by atoms with van der Waals surface area (Å²) in [6, 6.07) is 12.9. The van der Waals surface area contributed by atoms with E-state index in [0.717, 1.165) is 6.42 Å². The van der Waals surface area contributed by atoms with E-state index in [-0.39, 0.29) is 0 Å². The fourth-order valence-electron chi connectivity index (χ4n) is 2.07. The van der Waals surface area contributed by atoms with Crippen LogP contribution in [0.5, 0.6) is 0 Å². The minimum atomic E-state index is 1.13. The fourth-order valence-corrected chi connectivity index (χ4v) is 2.07. The molecule has 0 saturated heterocycles. The van der Waals surface area contributed by atoms with Crippen LogP contribution in [-0.4, -0.2) is 0 Å². The molecule has 0 N–H and O–H groups in total. The first-order valence-corrected chi connectivity index (χ1v) is 5.50. The Bertz CT molecular complexity index is 480. The number of aryl methyl sites for hydroxylation is 1. The van der Waals surface area contributed by atoms with E-state index in [9.17, 15) is 0 Å². The Kier molecular flexibility index (Phi) is 2.86. The van der Waals surface area contributed by atoms with E-state index in [4.69, 9.17) is 0 Å². The zero-order valence-corrected chi connectivity index (χ0v) is 9.16. The summed E-state index contributed by atoms with van der Waals surface area (Å²) in [6.07, 6.45) is 4.29. The van der Waals surface area contributed by atoms with Gasteiger partial charge in [-0.1, -0.05) is 62.4 Å². The standard InChI is InChI=1S/C15H16/c1-3-7-12-10-11-13-8-5-6-9-15(13)14(12)4-2/h4-6,8-11H,2-3,7H2,1H3. The van der Waals surface area contributed by atoms with Crippen molar-refractivity contribution in [2.75, 3.05) is 0 Å². The SMILES string of the molecule is C=Cc1c(CCC)ccc2ccccc12. The van der Waals surface area contributed by atoms with Crippen molar-refractivity contribution in [3.05, 3.63) is 54.1 Å². The molecule has 15 heavy (non-hydrogen) atoms. The quantitative estimate of drug-likeness (QED) is 0.681. The molecule has 0 unspecified atom stereocenters. The summed E-state index contributed by atoms with van der Waals surface area (Å²) in [5.74, 6) is 0. The topological polar surface area (TPSA) is 0 Å². The zero-order valence-electron chi connectivity index (χ0n) is 9.16. The monoisotopic (exact) mass is 196 g/mol. The minimum absolute atomic E-state index is 1.13. The van der Waals surface area contributed by atoms with Crippen molar-refractivity contribution in [2.45, 2.75) is 19.8 Å². The van der Waals surface area contributed by atoms with Gasteiger partial charge in [-0.05, 0) is 28.3 Å². The first kappa shape index (κ1) is 9.97. The highest BCUT2D eigenvalue weighted by Gasteiger charge is 2.02. The highest BCUT2D eigenvalue weighted by atomic mass is 14.1. The summed E-state index contributed by atoms with van der Waals surface area (Å²) in [5.41, 5.74) is 2.71. The van der Waals surface area contributed by atoms with Crippen molar-refractivity contribution in [1.29, 1.82) is 0 Å². The summed E-state index contributed by atoms with van der Waals surface area (Å²) >= 11 is 0. The summed E-state index contributed by atoms with van der Waals surface area (Å²) < 4.78 is 0. The molecule has 0 aliphatic heterocycles. The van der Waals surface area contributed by atoms with E-state index >= 15 is 0 Å². The maximum Gasteiger partial charge on any atom is -0.0109 e. The molecule has 0 spiro atoms. The molecule has 2 rings (SSSR count). The molecule has 76 valence electrons. The largest absolute Gasteiger partial charge is 0.0984 e. The molecule has 2 aromatic carbocycles. The van der Waals surface area contributed by atoms with Crippen molar-refractivity contribution >= 4 is 16.8 Å². The maximum absolute atomic E-state index is 3.92. The molecule has 0 fully saturated rings. The molecular weight excluding hydrogens is 180 g/mol. The molecule has 0 radical (unpaired) electrons. The molecule has 0 saturated carbocycles. The Morgan fingerprint density at radius 2 is 1.93 bits per heavy atom. The Morgan fingerprint density at radius 3 is 2.67 bits per heavy atom. The van der Waals surface area contributed by atoms with E-state index in [2.05, 4.69) is 49.9 Å². The average Bonchev–Trinajstić information content (AvgIpc) is 2.29. The highest BCUT2D eigenvalue weighted by molar-refractivity contribution is 5.91. The van der Waals surface area contributed by atoms with Gasteiger partial charge in [-0.3, -0.25) is 0 Å². The van der Waals surface area contributed by atoms with Crippen LogP contribution in [0, 0.1) is 0 Å². The van der Waals surface area contributed by atoms with Crippen LogP contribution in [0.25, 0.3) is 16.8 Å². The predicted octanol–water partition coefficient (Wildman–Crippen LogP) is 4.44. The van der Waals surface area contributed by atoms with Gasteiger partial charge in [0.25, 0.3) is 0 Å². The second-order valence-corrected chi connectivity index (χ2v) is 3.81. The number of rotatable bonds is 3. The molecule has 0 atom stereocenters. The summed E-state index contributed by atoms with van der Waals surface area (Å²) in [5, 5.41) is 2.62. The maximum atomic E-state index is 3.92. The minimum Gasteiger partial charge on any atom is -0.0984 e. The van der Waals surface area contributed by atoms with Crippen molar-refractivity contribution in [1.82, 2.24) is 0 Å². The van der Waals surface area contributed by atoms with Gasteiger partial charge in [-0.15, -0.1) is 0 Å². The molecule has 0 aliphatic carbocycles. The van der Waals surface area contributed by atoms with E-state index in [0.29, 0.717) is 0 Å². The number of fused-ring (bicyclic) bond motifs is 1. The summed E-state index contributed by atoms with van der Waals surface area (Å²) in [7, 11) is 0. The van der Waals surface area contributed by atoms with Crippen LogP contribution in [0.3, 0.4) is 0 Å². The van der Waals surface area contributed by atoms with E-state index in [1.54, 1.807) is 0 Å². The normalized spacial score (nSPS) is 10.5. The second kappa shape index (κ2) is 4.31. The van der Waals surface area contributed by atoms with Crippen LogP contribution in [0.15, 0.2) is 43.0 Å². The van der Waals surface area contributed by atoms with Gasteiger partial charge in [0.15, 0.2) is 0 Å². The Labute approximate surface area is 91.2 Å². The van der Waals surface area contributed by atoms with Crippen molar-refractivity contribution in [2.24, 2.45) is 0 Å². The molecule has 2 aromatic rings. The highest BCUT2D eigenvalue weighted by Crippen LogP contribution is 2.24. The lowest BCUT2D eigenvalue weighted by molar-refractivity contribution is 0.921. The van der Waals surface area contributed by atoms with E-state index in [1.807, 2.05) is 6.08 Å². The Morgan fingerprint density at radius 1 is 1.13 bits per heavy atom. The summed E-state index contributed by atoms with van der Waals surface area (Å²) in [4.78, 5) is 0. The van der Waals surface area contributed by atoms with Gasteiger partial charge >= 0.3 is 0 Å². The molecule has 0 heterocycles. The van der Waals surface area contributed by atoms with Crippen molar-refractivity contribution < 1.29 is 0 Å². The van der Waals surface area contributed by atoms with Crippen LogP contribution in [0.4, 0.5) is 0 Å². The second-order valence-electron chi connectivity index (χ2n) is 3.81. The molecular formula is C15H16. The number of hydrogen-bond acceptors (Lipinski definition) is 0. The summed E-state index contributed by atoms with van der Waals surface area (Å²) in [6.45, 7) is 6.13. The lowest BCUT2D eigenvalue weighted by atomic mass is 9.96. The smallest absolute Gasteiger partial charge is 0.0109 e. The number of hydrogen-bond donors (Lipinski definition) is 0. The first-order valence-electron chi connectivity index (χ1n) is 5.50. The lowest BCUT2D eigenvalue weighted by Gasteiger charge is -2.08. The Hall–Kier alpha value is -1.56. The van der Waals surface area contributed by atoms with Crippen molar-refractivity contribution in [3.8, 4) is 0 Å². The van der Waals surface area contributed by atoms with Crippen LogP contribution in [0.1, 0.15) is 24.5 Å². The molecule has 0 nitrogen and oxygen atoms in total. The average molecular weight is 196 g/mol. The molecule has 0 aromatic heterocycles. The fraction of sp³-hybridized carbons (Fsp3) is 0.200. The third-order valence-electron chi connectivity index (χ3n) is 2.78. The van der Waals surface area contributed by atoms with Gasteiger partial charge in [-0.2, -0.15) is 0 Å². The van der Waals surface area contributed by atoms with Gasteiger partial charge in [0, 0.05) is 0 Å². The van der Waals surface area contributed by atoms with Crippen LogP contribution in [-0.2, 0) is 6.42 Å². The molecule has 0 aliphatic rings.